The van der Waals surface area contributed by atoms with Crippen LogP contribution >= 0.6 is 23.4 Å². The van der Waals surface area contributed by atoms with Gasteiger partial charge in [0.2, 0.25) is 5.76 Å². The Balaban J connectivity index is 0.000000226. The summed E-state index contributed by atoms with van der Waals surface area (Å²) in [6, 6.07) is 33.9. The quantitative estimate of drug-likeness (QED) is 0.0672. The Morgan fingerprint density at radius 1 is 0.627 bits per heavy atom. The third-order valence-corrected chi connectivity index (χ3v) is 11.2. The molecular weight excluding hydrogens is 926 g/mol. The molecule has 2 heterocycles. The molecule has 9 nitrogen and oxygen atoms in total. The molecule has 0 fully saturated rings. The summed E-state index contributed by atoms with van der Waals surface area (Å²) in [6.45, 7) is 3.03. The van der Waals surface area contributed by atoms with Crippen molar-refractivity contribution in [3.8, 4) is 39.9 Å². The van der Waals surface area contributed by atoms with Gasteiger partial charge in [0, 0.05) is 44.3 Å². The van der Waals surface area contributed by atoms with Gasteiger partial charge < -0.3 is 33.3 Å². The SMILES string of the molecule is Cc1cc(OCc2cc(-c3ccc(Cl)cc3)oc2C(F)(F)F)ccc1CCC(=O)O.Cc1cc(SCc2cc(-c3ccc(C(F)(F)F)cc3)oc2COc2ccccc2)ccc1OCC(=O)O. The first kappa shape index (κ1) is 49.6. The standard InChI is InChI=1S/C28H23F3O5S.C22H18ClF3O4/c1-18-13-23(11-12-24(18)35-16-27(32)33)37-17-20-14-25(19-7-9-21(10-8-19)28(29,30)31)36-26(20)15-34-22-5-3-2-4-6-22;1-13-10-18(8-4-14(13)5-9-20(27)28)29-12-16-11-19(30-21(16)22(24,25)26)15-2-6-17(23)7-3-15/h2-14H,15-17H2,1H3,(H,32,33);2-4,6-8,10-11H,5,9,12H2,1H3,(H,27,28). The average molecular weight is 967 g/mol. The minimum absolute atomic E-state index is 0.00151. The van der Waals surface area contributed by atoms with Crippen molar-refractivity contribution >= 4 is 35.3 Å². The molecule has 0 spiro atoms. The summed E-state index contributed by atoms with van der Waals surface area (Å²) in [6.07, 6.45) is -8.71. The van der Waals surface area contributed by atoms with E-state index in [1.165, 1.54) is 30.0 Å². The number of thioether (sulfide) groups is 1. The van der Waals surface area contributed by atoms with E-state index in [2.05, 4.69) is 0 Å². The van der Waals surface area contributed by atoms with Crippen molar-refractivity contribution < 1.29 is 69.2 Å². The van der Waals surface area contributed by atoms with Crippen LogP contribution in [0, 0.1) is 13.8 Å². The minimum Gasteiger partial charge on any atom is -0.489 e. The summed E-state index contributed by atoms with van der Waals surface area (Å²) in [4.78, 5) is 22.4. The molecular formula is C50H41ClF6O9S. The maximum atomic E-state index is 13.4. The van der Waals surface area contributed by atoms with E-state index in [0.29, 0.717) is 57.1 Å². The number of hydrogen-bond donors (Lipinski definition) is 2. The van der Waals surface area contributed by atoms with Crippen LogP contribution in [0.4, 0.5) is 26.3 Å². The Morgan fingerprint density at radius 2 is 1.27 bits per heavy atom. The fourth-order valence-electron chi connectivity index (χ4n) is 6.49. The average Bonchev–Trinajstić information content (AvgIpc) is 3.92. The van der Waals surface area contributed by atoms with Gasteiger partial charge in [-0.15, -0.1) is 11.8 Å². The molecule has 0 amide bonds. The van der Waals surface area contributed by atoms with E-state index in [9.17, 15) is 35.9 Å². The highest BCUT2D eigenvalue weighted by molar-refractivity contribution is 7.98. The molecule has 5 aromatic carbocycles. The number of carboxylic acids is 2. The zero-order valence-corrected chi connectivity index (χ0v) is 37.2. The molecule has 0 atom stereocenters. The number of alkyl halides is 6. The fraction of sp³-hybridized carbons (Fsp3) is 0.200. The Morgan fingerprint density at radius 3 is 1.88 bits per heavy atom. The lowest BCUT2D eigenvalue weighted by atomic mass is 10.0. The molecule has 17 heteroatoms. The second kappa shape index (κ2) is 22.1. The van der Waals surface area contributed by atoms with Crippen molar-refractivity contribution in [1.29, 1.82) is 0 Å². The number of ether oxygens (including phenoxy) is 3. The minimum atomic E-state index is -4.67. The second-order valence-electron chi connectivity index (χ2n) is 14.9. The molecule has 0 aliphatic rings. The molecule has 7 aromatic rings. The van der Waals surface area contributed by atoms with Crippen molar-refractivity contribution in [3.63, 3.8) is 0 Å². The van der Waals surface area contributed by atoms with Crippen molar-refractivity contribution in [2.75, 3.05) is 6.61 Å². The molecule has 0 aliphatic heterocycles. The number of furan rings is 2. The van der Waals surface area contributed by atoms with Gasteiger partial charge in [-0.25, -0.2) is 4.79 Å². The maximum absolute atomic E-state index is 13.4. The van der Waals surface area contributed by atoms with Gasteiger partial charge in [0.1, 0.15) is 47.7 Å². The molecule has 2 aromatic heterocycles. The highest BCUT2D eigenvalue weighted by atomic mass is 35.5. The highest BCUT2D eigenvalue weighted by Crippen LogP contribution is 2.39. The van der Waals surface area contributed by atoms with Crippen molar-refractivity contribution in [3.05, 3.63) is 177 Å². The molecule has 2 N–H and O–H groups in total. The highest BCUT2D eigenvalue weighted by Gasteiger charge is 2.39. The number of para-hydroxylation sites is 1. The lowest BCUT2D eigenvalue weighted by molar-refractivity contribution is -0.153. The van der Waals surface area contributed by atoms with Crippen LogP contribution < -0.4 is 14.2 Å². The number of halogens is 7. The third kappa shape index (κ3) is 14.4. The fourth-order valence-corrected chi connectivity index (χ4v) is 7.61. The van der Waals surface area contributed by atoms with Gasteiger partial charge in [-0.3, -0.25) is 4.79 Å². The number of aryl methyl sites for hydroxylation is 3. The smallest absolute Gasteiger partial charge is 0.449 e. The van der Waals surface area contributed by atoms with Gasteiger partial charge in [0.15, 0.2) is 6.61 Å². The predicted molar refractivity (Wildman–Crippen MR) is 239 cm³/mol. The van der Waals surface area contributed by atoms with Gasteiger partial charge in [0.25, 0.3) is 0 Å². The zero-order chi connectivity index (χ0) is 48.3. The van der Waals surface area contributed by atoms with E-state index >= 15 is 0 Å². The van der Waals surface area contributed by atoms with Crippen LogP contribution in [-0.2, 0) is 47.3 Å². The van der Waals surface area contributed by atoms with Gasteiger partial charge in [-0.2, -0.15) is 26.3 Å². The summed E-state index contributed by atoms with van der Waals surface area (Å²) in [5.74, 6) is 0.102. The molecule has 0 saturated heterocycles. The van der Waals surface area contributed by atoms with Crippen molar-refractivity contribution in [2.24, 2.45) is 0 Å². The molecule has 0 unspecified atom stereocenters. The van der Waals surface area contributed by atoms with Crippen LogP contribution in [-0.4, -0.2) is 28.8 Å². The lowest BCUT2D eigenvalue weighted by Gasteiger charge is -2.11. The number of carbonyl (C=O) groups is 2. The second-order valence-corrected chi connectivity index (χ2v) is 16.4. The van der Waals surface area contributed by atoms with Crippen LogP contribution in [0.3, 0.4) is 0 Å². The summed E-state index contributed by atoms with van der Waals surface area (Å²) in [5, 5.41) is 18.1. The van der Waals surface area contributed by atoms with Gasteiger partial charge in [-0.1, -0.05) is 48.0 Å². The first-order chi connectivity index (χ1) is 31.8. The number of rotatable bonds is 17. The number of aliphatic carboxylic acids is 2. The van der Waals surface area contributed by atoms with E-state index < -0.39 is 42.2 Å². The van der Waals surface area contributed by atoms with Gasteiger partial charge in [0.05, 0.1) is 5.56 Å². The number of benzene rings is 5. The summed E-state index contributed by atoms with van der Waals surface area (Å²) < 4.78 is 107. The molecule has 7 rings (SSSR count). The molecule has 0 saturated carbocycles. The van der Waals surface area contributed by atoms with Crippen LogP contribution in [0.2, 0.25) is 5.02 Å². The van der Waals surface area contributed by atoms with E-state index in [1.54, 1.807) is 55.5 Å². The molecule has 0 aliphatic carbocycles. The van der Waals surface area contributed by atoms with Crippen molar-refractivity contribution in [1.82, 2.24) is 0 Å². The summed E-state index contributed by atoms with van der Waals surface area (Å²) in [5.41, 5.74) is 3.44. The van der Waals surface area contributed by atoms with E-state index in [1.807, 2.05) is 55.5 Å². The molecule has 0 radical (unpaired) electrons. The first-order valence-corrected chi connectivity index (χ1v) is 21.6. The molecule has 0 bridgehead atoms. The predicted octanol–water partition coefficient (Wildman–Crippen LogP) is 14.1. The molecule has 350 valence electrons. The zero-order valence-electron chi connectivity index (χ0n) is 35.7. The number of hydrogen-bond acceptors (Lipinski definition) is 8. The number of carboxylic acid groups (broad SMARTS) is 2. The van der Waals surface area contributed by atoms with E-state index in [-0.39, 0.29) is 31.0 Å². The summed E-state index contributed by atoms with van der Waals surface area (Å²) >= 11 is 7.36. The van der Waals surface area contributed by atoms with Crippen LogP contribution in [0.1, 0.15) is 51.3 Å². The Kier molecular flexibility index (Phi) is 16.4. The van der Waals surface area contributed by atoms with Crippen LogP contribution in [0.25, 0.3) is 22.6 Å². The molecule has 67 heavy (non-hydrogen) atoms. The van der Waals surface area contributed by atoms with Gasteiger partial charge in [-0.05, 0) is 128 Å². The maximum Gasteiger partial charge on any atom is 0.449 e. The van der Waals surface area contributed by atoms with E-state index in [4.69, 9.17) is 44.9 Å². The third-order valence-electron chi connectivity index (χ3n) is 9.91. The largest absolute Gasteiger partial charge is 0.489 e. The van der Waals surface area contributed by atoms with E-state index in [0.717, 1.165) is 39.3 Å². The topological polar surface area (TPSA) is 129 Å². The Bertz CT molecular complexity index is 2770. The van der Waals surface area contributed by atoms with Crippen LogP contribution in [0.15, 0.2) is 141 Å². The lowest BCUT2D eigenvalue weighted by Crippen LogP contribution is -2.09. The van der Waals surface area contributed by atoms with Crippen molar-refractivity contribution in [2.45, 2.75) is 62.9 Å². The monoisotopic (exact) mass is 966 g/mol. The normalized spacial score (nSPS) is 11.4. The van der Waals surface area contributed by atoms with Crippen LogP contribution in [0.5, 0.6) is 17.2 Å². The Hall–Kier alpha value is -6.78. The Labute approximate surface area is 389 Å². The summed E-state index contributed by atoms with van der Waals surface area (Å²) in [7, 11) is 0. The first-order valence-electron chi connectivity index (χ1n) is 20.3. The van der Waals surface area contributed by atoms with Gasteiger partial charge >= 0.3 is 24.3 Å².